The maximum Gasteiger partial charge on any atom is 0.145 e. The Labute approximate surface area is 216 Å². The number of ether oxygens (including phenoxy) is 1. The second kappa shape index (κ2) is 12.3. The molecule has 0 bridgehead atoms. The molecule has 6 nitrogen and oxygen atoms in total. The summed E-state index contributed by atoms with van der Waals surface area (Å²) in [7, 11) is 0. The van der Waals surface area contributed by atoms with E-state index in [9.17, 15) is 25.2 Å². The Morgan fingerprint density at radius 3 is 2.56 bits per heavy atom. The number of carbonyl (C=O) groups is 1. The zero-order valence-corrected chi connectivity index (χ0v) is 22.5. The largest absolute Gasteiger partial charge is 0.396 e. The van der Waals surface area contributed by atoms with Gasteiger partial charge in [0.25, 0.3) is 0 Å². The molecule has 2 fully saturated rings. The Bertz CT molecular complexity index is 906. The van der Waals surface area contributed by atoms with Crippen molar-refractivity contribution in [3.05, 3.63) is 46.1 Å². The van der Waals surface area contributed by atoms with Gasteiger partial charge in [0.1, 0.15) is 6.29 Å². The van der Waals surface area contributed by atoms with E-state index in [-0.39, 0.29) is 37.8 Å². The average molecular weight is 503 g/mol. The topological polar surface area (TPSA) is 107 Å². The van der Waals surface area contributed by atoms with Gasteiger partial charge in [-0.3, -0.25) is 4.79 Å². The smallest absolute Gasteiger partial charge is 0.145 e. The van der Waals surface area contributed by atoms with Gasteiger partial charge in [0.15, 0.2) is 0 Å². The van der Waals surface area contributed by atoms with Crippen LogP contribution >= 0.6 is 0 Å². The fourth-order valence-corrected chi connectivity index (χ4v) is 7.13. The lowest BCUT2D eigenvalue weighted by Crippen LogP contribution is -2.61. The van der Waals surface area contributed by atoms with Crippen molar-refractivity contribution < 1.29 is 30.0 Å². The van der Waals surface area contributed by atoms with Gasteiger partial charge in [-0.2, -0.15) is 0 Å². The summed E-state index contributed by atoms with van der Waals surface area (Å²) in [5.74, 6) is -0.104. The van der Waals surface area contributed by atoms with Gasteiger partial charge in [-0.05, 0) is 102 Å². The summed E-state index contributed by atoms with van der Waals surface area (Å²) in [5.41, 5.74) is 3.18. The van der Waals surface area contributed by atoms with E-state index in [0.29, 0.717) is 31.3 Å². The number of aliphatic hydroxyl groups excluding tert-OH is 3. The van der Waals surface area contributed by atoms with Crippen LogP contribution in [0.15, 0.2) is 46.1 Å². The first-order chi connectivity index (χ1) is 17.1. The zero-order valence-electron chi connectivity index (χ0n) is 22.5. The van der Waals surface area contributed by atoms with E-state index in [1.54, 1.807) is 0 Å². The molecule has 0 amide bonds. The van der Waals surface area contributed by atoms with Gasteiger partial charge >= 0.3 is 0 Å². The van der Waals surface area contributed by atoms with E-state index in [4.69, 9.17) is 4.74 Å². The van der Waals surface area contributed by atoms with Gasteiger partial charge in [0.2, 0.25) is 0 Å². The minimum atomic E-state index is -1.02. The second-order valence-corrected chi connectivity index (χ2v) is 11.4. The molecule has 4 N–H and O–H groups in total. The number of carbonyl (C=O) groups excluding carboxylic acids is 1. The molecule has 6 heteroatoms. The van der Waals surface area contributed by atoms with Crippen molar-refractivity contribution in [2.24, 2.45) is 17.3 Å². The molecule has 36 heavy (non-hydrogen) atoms. The van der Waals surface area contributed by atoms with E-state index in [0.717, 1.165) is 48.7 Å². The number of aliphatic hydroxyl groups is 4. The quantitative estimate of drug-likeness (QED) is 0.203. The van der Waals surface area contributed by atoms with Crippen molar-refractivity contribution in [3.63, 3.8) is 0 Å². The summed E-state index contributed by atoms with van der Waals surface area (Å²) in [5, 5.41) is 41.9. The van der Waals surface area contributed by atoms with Gasteiger partial charge < -0.3 is 25.2 Å². The number of allylic oxidation sites excluding steroid dienone is 4. The standard InChI is InChI=1S/C30H46O6/c1-20(2)7-5-8-22(18-33)15-24-16-23(19-34)26-11-13-30(28(26)36-24)27(9-6-14-31)25(21(3)17-32)10-12-29(30,4)35/h7,15-17,24,26-28,31,33-35H,5-6,8-14,18-19H2,1-4H3/b22-15+,25-21-/t24-,26-,27+,28+,29-,30-/m0/s1. The van der Waals surface area contributed by atoms with Crippen LogP contribution in [-0.2, 0) is 9.53 Å². The molecule has 3 rings (SSSR count). The van der Waals surface area contributed by atoms with E-state index in [1.165, 1.54) is 5.57 Å². The molecule has 2 aliphatic carbocycles. The summed E-state index contributed by atoms with van der Waals surface area (Å²) >= 11 is 0. The van der Waals surface area contributed by atoms with Crippen molar-refractivity contribution in [3.8, 4) is 0 Å². The normalized spacial score (nSPS) is 35.9. The van der Waals surface area contributed by atoms with Gasteiger partial charge in [-0.1, -0.05) is 29.4 Å². The van der Waals surface area contributed by atoms with Crippen LogP contribution < -0.4 is 0 Å². The monoisotopic (exact) mass is 502 g/mol. The molecule has 0 aromatic rings. The minimum absolute atomic E-state index is 0.0121. The Morgan fingerprint density at radius 2 is 1.94 bits per heavy atom. The van der Waals surface area contributed by atoms with E-state index in [2.05, 4.69) is 19.9 Å². The molecule has 0 aromatic carbocycles. The van der Waals surface area contributed by atoms with Crippen molar-refractivity contribution in [2.45, 2.75) is 96.9 Å². The lowest BCUT2D eigenvalue weighted by molar-refractivity contribution is -0.190. The second-order valence-electron chi connectivity index (χ2n) is 11.4. The summed E-state index contributed by atoms with van der Waals surface area (Å²) in [4.78, 5) is 11.8. The number of aldehydes is 1. The number of hydrogen-bond acceptors (Lipinski definition) is 6. The van der Waals surface area contributed by atoms with Crippen LogP contribution in [-0.4, -0.2) is 64.3 Å². The third kappa shape index (κ3) is 5.63. The average Bonchev–Trinajstić information content (AvgIpc) is 3.24. The molecule has 1 spiro atoms. The molecular formula is C30H46O6. The first kappa shape index (κ1) is 29.0. The first-order valence-corrected chi connectivity index (χ1v) is 13.5. The molecule has 0 unspecified atom stereocenters. The van der Waals surface area contributed by atoms with Crippen molar-refractivity contribution in [1.82, 2.24) is 0 Å². The molecule has 202 valence electrons. The Kier molecular flexibility index (Phi) is 9.92. The highest BCUT2D eigenvalue weighted by Gasteiger charge is 2.65. The van der Waals surface area contributed by atoms with E-state index >= 15 is 0 Å². The minimum Gasteiger partial charge on any atom is -0.396 e. The highest BCUT2D eigenvalue weighted by Crippen LogP contribution is 2.64. The third-order valence-corrected chi connectivity index (χ3v) is 8.96. The Balaban J connectivity index is 2.05. The number of rotatable bonds is 10. The van der Waals surface area contributed by atoms with Crippen molar-refractivity contribution in [1.29, 1.82) is 0 Å². The van der Waals surface area contributed by atoms with Crippen LogP contribution in [0.3, 0.4) is 0 Å². The molecule has 0 saturated heterocycles. The summed E-state index contributed by atoms with van der Waals surface area (Å²) < 4.78 is 6.78. The Morgan fingerprint density at radius 1 is 1.19 bits per heavy atom. The third-order valence-electron chi connectivity index (χ3n) is 8.96. The van der Waals surface area contributed by atoms with Crippen LogP contribution in [0.4, 0.5) is 0 Å². The van der Waals surface area contributed by atoms with Crippen LogP contribution in [0.5, 0.6) is 0 Å². The summed E-state index contributed by atoms with van der Waals surface area (Å²) in [6.07, 6.45) is 11.8. The highest BCUT2D eigenvalue weighted by atomic mass is 16.5. The maximum absolute atomic E-state index is 11.9. The van der Waals surface area contributed by atoms with Gasteiger partial charge in [-0.25, -0.2) is 0 Å². The molecule has 1 aliphatic heterocycles. The van der Waals surface area contributed by atoms with Crippen LogP contribution in [0.25, 0.3) is 0 Å². The van der Waals surface area contributed by atoms with Crippen LogP contribution in [0, 0.1) is 17.3 Å². The summed E-state index contributed by atoms with van der Waals surface area (Å²) in [6.45, 7) is 7.78. The predicted molar refractivity (Wildman–Crippen MR) is 141 cm³/mol. The molecule has 0 radical (unpaired) electrons. The lowest BCUT2D eigenvalue weighted by atomic mass is 9.52. The predicted octanol–water partition coefficient (Wildman–Crippen LogP) is 4.18. The first-order valence-electron chi connectivity index (χ1n) is 13.5. The number of hydrogen-bond donors (Lipinski definition) is 4. The highest BCUT2D eigenvalue weighted by molar-refractivity contribution is 5.74. The fraction of sp³-hybridized carbons (Fsp3) is 0.700. The van der Waals surface area contributed by atoms with Gasteiger partial charge in [0.05, 0.1) is 31.0 Å². The van der Waals surface area contributed by atoms with Crippen LogP contribution in [0.1, 0.15) is 79.1 Å². The number of fused-ring (bicyclic) bond motifs is 2. The lowest BCUT2D eigenvalue weighted by Gasteiger charge is -2.57. The zero-order chi connectivity index (χ0) is 26.5. The molecule has 3 aliphatic rings. The van der Waals surface area contributed by atoms with Gasteiger partial charge in [0, 0.05) is 17.9 Å². The fourth-order valence-electron chi connectivity index (χ4n) is 7.13. The van der Waals surface area contributed by atoms with Gasteiger partial charge in [-0.15, -0.1) is 0 Å². The maximum atomic E-state index is 11.9. The Hall–Kier alpha value is -1.57. The molecular weight excluding hydrogens is 456 g/mol. The van der Waals surface area contributed by atoms with Crippen molar-refractivity contribution >= 4 is 6.29 Å². The van der Waals surface area contributed by atoms with E-state index in [1.807, 2.05) is 26.0 Å². The molecule has 2 saturated carbocycles. The van der Waals surface area contributed by atoms with Crippen molar-refractivity contribution in [2.75, 3.05) is 19.8 Å². The molecule has 6 atom stereocenters. The molecule has 0 aromatic heterocycles. The molecule has 1 heterocycles. The summed E-state index contributed by atoms with van der Waals surface area (Å²) in [6, 6.07) is 0. The van der Waals surface area contributed by atoms with E-state index < -0.39 is 17.1 Å². The SMILES string of the molecule is CC(C)=CCC/C(=C\[C@H]1C=C(CO)[C@@H]2CC[C@]3([C@H](CCCO)/C(=C(/C)C=O)CC[C@]3(C)O)[C@@H]2O1)CO. The van der Waals surface area contributed by atoms with Crippen LogP contribution in [0.2, 0.25) is 0 Å².